The van der Waals surface area contributed by atoms with Gasteiger partial charge in [-0.25, -0.2) is 9.37 Å². The van der Waals surface area contributed by atoms with Gasteiger partial charge in [0, 0.05) is 30.8 Å². The minimum absolute atomic E-state index is 0.0219. The number of likely N-dealkylation sites (tertiary alicyclic amines) is 1. The van der Waals surface area contributed by atoms with Crippen LogP contribution in [0.15, 0.2) is 48.1 Å². The van der Waals surface area contributed by atoms with Crippen molar-refractivity contribution in [3.05, 3.63) is 58.8 Å². The average Bonchev–Trinajstić information content (AvgIpc) is 3.51. The van der Waals surface area contributed by atoms with Crippen molar-refractivity contribution in [3.8, 4) is 22.9 Å². The molecule has 33 heavy (non-hydrogen) atoms. The number of rotatable bonds is 5. The Morgan fingerprint density at radius 1 is 1.09 bits per heavy atom. The van der Waals surface area contributed by atoms with Crippen molar-refractivity contribution in [2.24, 2.45) is 0 Å². The largest absolute Gasteiger partial charge is 0.493 e. The highest BCUT2D eigenvalue weighted by Gasteiger charge is 2.28. The third-order valence-corrected chi connectivity index (χ3v) is 6.81. The highest BCUT2D eigenvalue weighted by Crippen LogP contribution is 2.37. The van der Waals surface area contributed by atoms with Gasteiger partial charge < -0.3 is 18.9 Å². The number of nitrogens with zero attached hydrogens (tertiary/aromatic N) is 4. The van der Waals surface area contributed by atoms with Gasteiger partial charge >= 0.3 is 0 Å². The number of carbonyl (C=O) groups is 1. The summed E-state index contributed by atoms with van der Waals surface area (Å²) in [5, 5.41) is 0. The Bertz CT molecular complexity index is 1300. The van der Waals surface area contributed by atoms with E-state index >= 15 is 0 Å². The van der Waals surface area contributed by atoms with Crippen LogP contribution in [0.25, 0.3) is 22.4 Å². The summed E-state index contributed by atoms with van der Waals surface area (Å²) in [6.45, 7) is 1.27. The SMILES string of the molecule is COc1ccc(-c2nc3cc(F)ccc3n2C2CCN(C(=O)c3cncs3)CC2)cc1OC. The molecule has 3 heterocycles. The van der Waals surface area contributed by atoms with Crippen LogP contribution >= 0.6 is 11.3 Å². The molecular weight excluding hydrogens is 443 g/mol. The van der Waals surface area contributed by atoms with E-state index < -0.39 is 0 Å². The summed E-state index contributed by atoms with van der Waals surface area (Å²) in [4.78, 5) is 24.1. The fraction of sp³-hybridized carbons (Fsp3) is 0.292. The number of ether oxygens (including phenoxy) is 2. The molecule has 1 saturated heterocycles. The van der Waals surface area contributed by atoms with Crippen LogP contribution in [0.2, 0.25) is 0 Å². The van der Waals surface area contributed by atoms with Crippen molar-refractivity contribution >= 4 is 28.3 Å². The third kappa shape index (κ3) is 3.93. The lowest BCUT2D eigenvalue weighted by molar-refractivity contribution is 0.0701. The molecule has 0 aliphatic carbocycles. The van der Waals surface area contributed by atoms with Crippen molar-refractivity contribution in [3.63, 3.8) is 0 Å². The number of thiazole rings is 1. The summed E-state index contributed by atoms with van der Waals surface area (Å²) >= 11 is 1.36. The number of imidazole rings is 1. The Kier molecular flexibility index (Phi) is 5.72. The first-order chi connectivity index (χ1) is 16.1. The van der Waals surface area contributed by atoms with Gasteiger partial charge in [-0.3, -0.25) is 9.78 Å². The molecule has 9 heteroatoms. The van der Waals surface area contributed by atoms with Crippen LogP contribution in [-0.4, -0.2) is 52.7 Å². The van der Waals surface area contributed by atoms with Gasteiger partial charge in [0.2, 0.25) is 0 Å². The topological polar surface area (TPSA) is 69.5 Å². The van der Waals surface area contributed by atoms with Gasteiger partial charge in [-0.15, -0.1) is 11.3 Å². The predicted molar refractivity (Wildman–Crippen MR) is 125 cm³/mol. The second-order valence-corrected chi connectivity index (χ2v) is 8.78. The Hall–Kier alpha value is -3.46. The van der Waals surface area contributed by atoms with Crippen molar-refractivity contribution in [2.45, 2.75) is 18.9 Å². The van der Waals surface area contributed by atoms with E-state index in [2.05, 4.69) is 9.55 Å². The van der Waals surface area contributed by atoms with Crippen molar-refractivity contribution in [1.82, 2.24) is 19.4 Å². The molecule has 5 rings (SSSR count). The highest BCUT2D eigenvalue weighted by molar-refractivity contribution is 7.11. The van der Waals surface area contributed by atoms with Gasteiger partial charge in [0.1, 0.15) is 16.5 Å². The number of carbonyl (C=O) groups excluding carboxylic acids is 1. The number of fused-ring (bicyclic) bond motifs is 1. The molecule has 1 amide bonds. The second kappa shape index (κ2) is 8.82. The fourth-order valence-electron chi connectivity index (χ4n) is 4.42. The Morgan fingerprint density at radius 2 is 1.88 bits per heavy atom. The molecule has 4 aromatic rings. The van der Waals surface area contributed by atoms with Crippen LogP contribution in [0.3, 0.4) is 0 Å². The number of hydrogen-bond donors (Lipinski definition) is 0. The van der Waals surface area contributed by atoms with Crippen LogP contribution in [-0.2, 0) is 0 Å². The van der Waals surface area contributed by atoms with Gasteiger partial charge in [0.05, 0.1) is 37.0 Å². The maximum Gasteiger partial charge on any atom is 0.265 e. The van der Waals surface area contributed by atoms with Crippen LogP contribution in [0.4, 0.5) is 4.39 Å². The number of aromatic nitrogens is 3. The summed E-state index contributed by atoms with van der Waals surface area (Å²) < 4.78 is 27.0. The number of piperidine rings is 1. The number of benzene rings is 2. The van der Waals surface area contributed by atoms with Crippen LogP contribution in [0.1, 0.15) is 28.6 Å². The van der Waals surface area contributed by atoms with E-state index in [0.29, 0.717) is 35.0 Å². The number of methoxy groups -OCH3 is 2. The fourth-order valence-corrected chi connectivity index (χ4v) is 5.01. The lowest BCUT2D eigenvalue weighted by Crippen LogP contribution is -2.38. The second-order valence-electron chi connectivity index (χ2n) is 7.90. The molecule has 0 saturated carbocycles. The number of halogens is 1. The van der Waals surface area contributed by atoms with E-state index in [9.17, 15) is 9.18 Å². The van der Waals surface area contributed by atoms with Crippen LogP contribution in [0.5, 0.6) is 11.5 Å². The number of hydrogen-bond acceptors (Lipinski definition) is 6. The van der Waals surface area contributed by atoms with Gasteiger partial charge in [-0.2, -0.15) is 0 Å². The quantitative estimate of drug-likeness (QED) is 0.423. The van der Waals surface area contributed by atoms with Gasteiger partial charge in [0.15, 0.2) is 11.5 Å². The molecule has 170 valence electrons. The number of amides is 1. The predicted octanol–water partition coefficient (Wildman–Crippen LogP) is 4.79. The maximum atomic E-state index is 14.0. The smallest absolute Gasteiger partial charge is 0.265 e. The molecule has 2 aromatic carbocycles. The van der Waals surface area contributed by atoms with Crippen molar-refractivity contribution in [1.29, 1.82) is 0 Å². The summed E-state index contributed by atoms with van der Waals surface area (Å²) in [7, 11) is 3.19. The third-order valence-electron chi connectivity index (χ3n) is 6.05. The molecular formula is C24H23FN4O3S. The van der Waals surface area contributed by atoms with E-state index in [-0.39, 0.29) is 17.8 Å². The highest BCUT2D eigenvalue weighted by atomic mass is 32.1. The van der Waals surface area contributed by atoms with Gasteiger partial charge in [-0.05, 0) is 43.2 Å². The van der Waals surface area contributed by atoms with E-state index in [1.165, 1.54) is 23.5 Å². The van der Waals surface area contributed by atoms with E-state index in [1.807, 2.05) is 23.1 Å². The van der Waals surface area contributed by atoms with Crippen LogP contribution in [0, 0.1) is 5.82 Å². The molecule has 2 aromatic heterocycles. The zero-order valence-electron chi connectivity index (χ0n) is 18.3. The van der Waals surface area contributed by atoms with Gasteiger partial charge in [0.25, 0.3) is 5.91 Å². The summed E-state index contributed by atoms with van der Waals surface area (Å²) in [5.41, 5.74) is 4.00. The van der Waals surface area contributed by atoms with Crippen molar-refractivity contribution < 1.29 is 18.7 Å². The van der Waals surface area contributed by atoms with Gasteiger partial charge in [-0.1, -0.05) is 0 Å². The Balaban J connectivity index is 1.51. The summed E-state index contributed by atoms with van der Waals surface area (Å²) in [5.74, 6) is 1.67. The molecule has 0 unspecified atom stereocenters. The van der Waals surface area contributed by atoms with Crippen molar-refractivity contribution in [2.75, 3.05) is 27.3 Å². The standard InChI is InChI=1S/C24H23FN4O3S/c1-31-20-6-3-15(11-21(20)32-2)23-27-18-12-16(25)4-5-19(18)29(23)17-7-9-28(10-8-17)24(30)22-13-26-14-33-22/h3-6,11-14,17H,7-10H2,1-2H3. The first kappa shape index (κ1) is 21.4. The Labute approximate surface area is 194 Å². The molecule has 0 bridgehead atoms. The molecule has 1 fully saturated rings. The lowest BCUT2D eigenvalue weighted by Gasteiger charge is -2.33. The van der Waals surface area contributed by atoms with E-state index in [0.717, 1.165) is 29.7 Å². The molecule has 1 aliphatic rings. The Morgan fingerprint density at radius 3 is 2.58 bits per heavy atom. The summed E-state index contributed by atoms with van der Waals surface area (Å²) in [6.07, 6.45) is 3.16. The molecule has 0 N–H and O–H groups in total. The zero-order chi connectivity index (χ0) is 22.9. The monoisotopic (exact) mass is 466 g/mol. The molecule has 7 nitrogen and oxygen atoms in total. The average molecular weight is 467 g/mol. The van der Waals surface area contributed by atoms with E-state index in [4.69, 9.17) is 14.5 Å². The lowest BCUT2D eigenvalue weighted by atomic mass is 10.0. The zero-order valence-corrected chi connectivity index (χ0v) is 19.1. The first-order valence-corrected chi connectivity index (χ1v) is 11.5. The van der Waals surface area contributed by atoms with E-state index in [1.54, 1.807) is 32.0 Å². The molecule has 0 spiro atoms. The molecule has 1 aliphatic heterocycles. The normalized spacial score (nSPS) is 14.6. The minimum Gasteiger partial charge on any atom is -0.493 e. The minimum atomic E-state index is -0.323. The van der Waals surface area contributed by atoms with Crippen LogP contribution < -0.4 is 9.47 Å². The molecule has 0 atom stereocenters. The molecule has 0 radical (unpaired) electrons. The first-order valence-electron chi connectivity index (χ1n) is 10.7. The maximum absolute atomic E-state index is 14.0. The summed E-state index contributed by atoms with van der Waals surface area (Å²) in [6, 6.07) is 10.5.